The van der Waals surface area contributed by atoms with Gasteiger partial charge in [-0.1, -0.05) is 30.3 Å². The number of nitrogens with zero attached hydrogens (tertiary/aromatic N) is 1. The molecule has 1 unspecified atom stereocenters. The van der Waals surface area contributed by atoms with Crippen molar-refractivity contribution in [1.29, 1.82) is 0 Å². The second-order valence-electron chi connectivity index (χ2n) is 7.02. The maximum absolute atomic E-state index is 12.9. The summed E-state index contributed by atoms with van der Waals surface area (Å²) in [5.41, 5.74) is 8.45. The summed E-state index contributed by atoms with van der Waals surface area (Å²) in [5, 5.41) is 7.98. The standard InChI is InChI=1S/C21H21BN4O3/c23-11-19(16-3-1-2-14(8-16)10-22-25-13-20(27)29-22)21(28)26-18-5-4-17-12-24-7-6-15(17)9-18/h1-9,12,19,25H,10-11,13,23H2,(H,26,28). The summed E-state index contributed by atoms with van der Waals surface area (Å²) in [5.74, 6) is -0.901. The Morgan fingerprint density at radius 3 is 2.93 bits per heavy atom. The molecule has 3 aromatic rings. The van der Waals surface area contributed by atoms with E-state index in [1.54, 1.807) is 12.4 Å². The number of nitrogens with two attached hydrogens (primary N) is 1. The van der Waals surface area contributed by atoms with Crippen molar-refractivity contribution in [3.05, 3.63) is 72.1 Å². The minimum atomic E-state index is -0.484. The van der Waals surface area contributed by atoms with E-state index >= 15 is 0 Å². The summed E-state index contributed by atoms with van der Waals surface area (Å²) in [4.78, 5) is 28.2. The molecule has 146 valence electrons. The van der Waals surface area contributed by atoms with Crippen molar-refractivity contribution in [2.45, 2.75) is 12.2 Å². The fourth-order valence-electron chi connectivity index (χ4n) is 3.49. The van der Waals surface area contributed by atoms with Crippen molar-refractivity contribution in [3.8, 4) is 0 Å². The number of amides is 1. The predicted molar refractivity (Wildman–Crippen MR) is 112 cm³/mol. The number of pyridine rings is 1. The maximum Gasteiger partial charge on any atom is 0.453 e. The predicted octanol–water partition coefficient (Wildman–Crippen LogP) is 1.63. The van der Waals surface area contributed by atoms with Gasteiger partial charge in [0, 0.05) is 36.3 Å². The van der Waals surface area contributed by atoms with Gasteiger partial charge in [0.25, 0.3) is 0 Å². The highest BCUT2D eigenvalue weighted by atomic mass is 16.5. The van der Waals surface area contributed by atoms with Gasteiger partial charge in [-0.15, -0.1) is 0 Å². The number of anilines is 1. The summed E-state index contributed by atoms with van der Waals surface area (Å²) in [7, 11) is -0.338. The summed E-state index contributed by atoms with van der Waals surface area (Å²) in [6, 6.07) is 15.3. The number of benzene rings is 2. The third kappa shape index (κ3) is 4.44. The van der Waals surface area contributed by atoms with Crippen LogP contribution in [0.15, 0.2) is 60.9 Å². The molecule has 0 aliphatic carbocycles. The van der Waals surface area contributed by atoms with Crippen LogP contribution in [0, 0.1) is 0 Å². The zero-order valence-corrected chi connectivity index (χ0v) is 15.8. The topological polar surface area (TPSA) is 106 Å². The van der Waals surface area contributed by atoms with Crippen LogP contribution in [0.25, 0.3) is 10.8 Å². The second kappa shape index (κ2) is 8.42. The number of hydrogen-bond donors (Lipinski definition) is 3. The van der Waals surface area contributed by atoms with E-state index in [4.69, 9.17) is 10.4 Å². The number of nitrogens with one attached hydrogen (secondary N) is 2. The van der Waals surface area contributed by atoms with Crippen LogP contribution in [0.4, 0.5) is 5.69 Å². The molecular formula is C21H21BN4O3. The van der Waals surface area contributed by atoms with Gasteiger partial charge in [-0.25, -0.2) is 0 Å². The Morgan fingerprint density at radius 2 is 2.14 bits per heavy atom. The number of fused-ring (bicyclic) bond motifs is 1. The molecule has 1 atom stereocenters. The van der Waals surface area contributed by atoms with Crippen LogP contribution >= 0.6 is 0 Å². The minimum Gasteiger partial charge on any atom is -0.519 e. The Bertz CT molecular complexity index is 1060. The molecule has 2 aromatic carbocycles. The molecule has 0 saturated carbocycles. The van der Waals surface area contributed by atoms with Crippen molar-refractivity contribution in [2.24, 2.45) is 5.73 Å². The van der Waals surface area contributed by atoms with E-state index in [9.17, 15) is 9.59 Å². The fraction of sp³-hybridized carbons (Fsp3) is 0.190. The van der Waals surface area contributed by atoms with Crippen LogP contribution in [0.3, 0.4) is 0 Å². The van der Waals surface area contributed by atoms with Gasteiger partial charge in [-0.05, 0) is 34.7 Å². The van der Waals surface area contributed by atoms with Gasteiger partial charge in [0.05, 0.1) is 12.5 Å². The third-order valence-corrected chi connectivity index (χ3v) is 4.98. The van der Waals surface area contributed by atoms with Gasteiger partial charge >= 0.3 is 13.0 Å². The molecule has 29 heavy (non-hydrogen) atoms. The van der Waals surface area contributed by atoms with Crippen LogP contribution < -0.4 is 16.3 Å². The SMILES string of the molecule is NCC(C(=O)Nc1ccc2cnccc2c1)c1cccc(CB2NCC(=O)O2)c1. The normalized spacial score (nSPS) is 14.7. The van der Waals surface area contributed by atoms with Crippen molar-refractivity contribution in [3.63, 3.8) is 0 Å². The first-order valence-corrected chi connectivity index (χ1v) is 9.49. The number of aromatic nitrogens is 1. The minimum absolute atomic E-state index is 0.163. The fourth-order valence-corrected chi connectivity index (χ4v) is 3.49. The van der Waals surface area contributed by atoms with Crippen LogP contribution in [-0.2, 0) is 20.6 Å². The van der Waals surface area contributed by atoms with Crippen LogP contribution in [0.1, 0.15) is 17.0 Å². The van der Waals surface area contributed by atoms with E-state index in [-0.39, 0.29) is 32.0 Å². The van der Waals surface area contributed by atoms with Crippen LogP contribution in [0.5, 0.6) is 0 Å². The highest BCUT2D eigenvalue weighted by Gasteiger charge is 2.29. The monoisotopic (exact) mass is 388 g/mol. The first-order valence-electron chi connectivity index (χ1n) is 9.49. The summed E-state index contributed by atoms with van der Waals surface area (Å²) in [6.45, 7) is 0.406. The Morgan fingerprint density at radius 1 is 1.24 bits per heavy atom. The van der Waals surface area contributed by atoms with Gasteiger partial charge < -0.3 is 20.9 Å². The van der Waals surface area contributed by atoms with Gasteiger partial charge in [-0.3, -0.25) is 14.6 Å². The average molecular weight is 388 g/mol. The lowest BCUT2D eigenvalue weighted by atomic mass is 9.75. The highest BCUT2D eigenvalue weighted by molar-refractivity contribution is 6.52. The Kier molecular flexibility index (Phi) is 5.55. The van der Waals surface area contributed by atoms with Gasteiger partial charge in [0.15, 0.2) is 0 Å². The Balaban J connectivity index is 1.49. The first kappa shape index (κ1) is 19.1. The molecule has 4 N–H and O–H groups in total. The lowest BCUT2D eigenvalue weighted by Gasteiger charge is -2.17. The van der Waals surface area contributed by atoms with E-state index in [0.29, 0.717) is 12.0 Å². The Hall–Kier alpha value is -3.23. The van der Waals surface area contributed by atoms with E-state index in [2.05, 4.69) is 15.5 Å². The molecule has 1 fully saturated rings. The maximum atomic E-state index is 12.9. The molecule has 7 nitrogen and oxygen atoms in total. The quantitative estimate of drug-likeness (QED) is 0.555. The third-order valence-electron chi connectivity index (χ3n) is 4.98. The summed E-state index contributed by atoms with van der Waals surface area (Å²) < 4.78 is 5.20. The molecule has 8 heteroatoms. The van der Waals surface area contributed by atoms with E-state index < -0.39 is 5.92 Å². The molecule has 0 spiro atoms. The molecule has 1 amide bonds. The molecular weight excluding hydrogens is 367 g/mol. The highest BCUT2D eigenvalue weighted by Crippen LogP contribution is 2.22. The van der Waals surface area contributed by atoms with E-state index in [0.717, 1.165) is 21.9 Å². The number of rotatable bonds is 6. The lowest BCUT2D eigenvalue weighted by molar-refractivity contribution is -0.131. The molecule has 0 bridgehead atoms. The molecule has 1 saturated heterocycles. The number of carbonyl (C=O) groups excluding carboxylic acids is 2. The molecule has 1 aromatic heterocycles. The van der Waals surface area contributed by atoms with Crippen molar-refractivity contribution in [2.75, 3.05) is 18.4 Å². The van der Waals surface area contributed by atoms with E-state index in [1.165, 1.54) is 0 Å². The number of carbonyl (C=O) groups is 2. The zero-order valence-electron chi connectivity index (χ0n) is 15.8. The largest absolute Gasteiger partial charge is 0.519 e. The van der Waals surface area contributed by atoms with E-state index in [1.807, 2.05) is 48.5 Å². The van der Waals surface area contributed by atoms with Crippen molar-refractivity contribution in [1.82, 2.24) is 10.2 Å². The van der Waals surface area contributed by atoms with Crippen molar-refractivity contribution < 1.29 is 14.2 Å². The smallest absolute Gasteiger partial charge is 0.453 e. The zero-order chi connectivity index (χ0) is 20.2. The van der Waals surface area contributed by atoms with Crippen LogP contribution in [-0.4, -0.2) is 37.0 Å². The molecule has 1 aliphatic rings. The van der Waals surface area contributed by atoms with Crippen molar-refractivity contribution >= 4 is 35.4 Å². The van der Waals surface area contributed by atoms with Gasteiger partial charge in [0.2, 0.25) is 5.91 Å². The Labute approximate surface area is 168 Å². The summed E-state index contributed by atoms with van der Waals surface area (Å²) in [6.07, 6.45) is 4.04. The second-order valence-corrected chi connectivity index (χ2v) is 7.02. The first-order chi connectivity index (χ1) is 14.1. The van der Waals surface area contributed by atoms with Gasteiger partial charge in [0.1, 0.15) is 0 Å². The molecule has 2 heterocycles. The average Bonchev–Trinajstić information content (AvgIpc) is 3.13. The summed E-state index contributed by atoms with van der Waals surface area (Å²) >= 11 is 0. The number of hydrogen-bond acceptors (Lipinski definition) is 6. The molecule has 4 rings (SSSR count). The lowest BCUT2D eigenvalue weighted by Crippen LogP contribution is -2.31. The van der Waals surface area contributed by atoms with Gasteiger partial charge in [-0.2, -0.15) is 0 Å². The molecule has 1 aliphatic heterocycles. The molecule has 0 radical (unpaired) electrons. The van der Waals surface area contributed by atoms with Crippen LogP contribution in [0.2, 0.25) is 0 Å².